The molecule has 158 valence electrons. The molecule has 0 radical (unpaired) electrons. The number of ether oxygens (including phenoxy) is 1. The van der Waals surface area contributed by atoms with Crippen molar-refractivity contribution < 1.29 is 19.1 Å². The van der Waals surface area contributed by atoms with Crippen LogP contribution in [0.5, 0.6) is 0 Å². The van der Waals surface area contributed by atoms with Gasteiger partial charge in [-0.25, -0.2) is 4.79 Å². The third-order valence-corrected chi connectivity index (χ3v) is 5.68. The Morgan fingerprint density at radius 2 is 2.00 bits per heavy atom. The van der Waals surface area contributed by atoms with E-state index in [1.54, 1.807) is 20.0 Å². The van der Waals surface area contributed by atoms with Gasteiger partial charge in [0.05, 0.1) is 29.8 Å². The van der Waals surface area contributed by atoms with Gasteiger partial charge in [0.2, 0.25) is 5.91 Å². The number of amides is 2. The number of carbonyl (C=O) groups is 3. The Kier molecular flexibility index (Phi) is 7.52. The predicted octanol–water partition coefficient (Wildman–Crippen LogP) is 1.93. The highest BCUT2D eigenvalue weighted by Crippen LogP contribution is 2.33. The number of nitrogens with zero attached hydrogens (tertiary/aromatic N) is 3. The van der Waals surface area contributed by atoms with Gasteiger partial charge in [0, 0.05) is 24.3 Å². The Morgan fingerprint density at radius 1 is 1.31 bits per heavy atom. The van der Waals surface area contributed by atoms with Crippen molar-refractivity contribution >= 4 is 34.1 Å². The lowest BCUT2D eigenvalue weighted by Crippen LogP contribution is -2.30. The fraction of sp³-hybridized carbons (Fsp3) is 0.474. The first-order valence-corrected chi connectivity index (χ1v) is 10.1. The van der Waals surface area contributed by atoms with E-state index in [-0.39, 0.29) is 34.5 Å². The molecule has 29 heavy (non-hydrogen) atoms. The maximum absolute atomic E-state index is 12.5. The Balaban J connectivity index is 2.13. The molecule has 10 heteroatoms. The number of likely N-dealkylation sites (N-methyl/N-ethyl adjacent to an activating group) is 1. The minimum Gasteiger partial charge on any atom is -0.462 e. The van der Waals surface area contributed by atoms with Crippen LogP contribution in [0, 0.1) is 13.8 Å². The minimum absolute atomic E-state index is 0.0991. The summed E-state index contributed by atoms with van der Waals surface area (Å²) >= 11 is 0.977. The number of nitrogens with two attached hydrogens (primary N) is 1. The molecule has 2 aromatic heterocycles. The van der Waals surface area contributed by atoms with Crippen molar-refractivity contribution in [3.05, 3.63) is 33.5 Å². The van der Waals surface area contributed by atoms with E-state index < -0.39 is 11.9 Å². The molecule has 3 N–H and O–H groups in total. The van der Waals surface area contributed by atoms with Crippen LogP contribution in [0.1, 0.15) is 50.7 Å². The van der Waals surface area contributed by atoms with Crippen molar-refractivity contribution in [1.29, 1.82) is 0 Å². The van der Waals surface area contributed by atoms with E-state index in [2.05, 4.69) is 10.4 Å². The quantitative estimate of drug-likeness (QED) is 0.597. The molecule has 0 spiro atoms. The molecule has 2 rings (SSSR count). The molecule has 0 aliphatic carbocycles. The zero-order valence-electron chi connectivity index (χ0n) is 17.4. The van der Waals surface area contributed by atoms with Gasteiger partial charge in [0.25, 0.3) is 5.91 Å². The zero-order chi connectivity index (χ0) is 21.7. The second kappa shape index (κ2) is 9.66. The van der Waals surface area contributed by atoms with E-state index in [0.29, 0.717) is 12.1 Å². The van der Waals surface area contributed by atoms with E-state index in [0.717, 1.165) is 29.1 Å². The van der Waals surface area contributed by atoms with Gasteiger partial charge in [-0.1, -0.05) is 0 Å². The zero-order valence-corrected chi connectivity index (χ0v) is 18.2. The number of aromatic nitrogens is 2. The normalized spacial score (nSPS) is 11.0. The molecule has 2 amide bonds. The molecule has 0 fully saturated rings. The number of primary amides is 1. The van der Waals surface area contributed by atoms with E-state index in [4.69, 9.17) is 10.5 Å². The molecule has 0 aromatic carbocycles. The van der Waals surface area contributed by atoms with E-state index in [1.807, 2.05) is 30.5 Å². The van der Waals surface area contributed by atoms with Crippen molar-refractivity contribution in [2.75, 3.05) is 25.5 Å². The second-order valence-corrected chi connectivity index (χ2v) is 7.66. The summed E-state index contributed by atoms with van der Waals surface area (Å²) in [6.45, 7) is 8.93. The number of rotatable bonds is 9. The summed E-state index contributed by atoms with van der Waals surface area (Å²) in [7, 11) is 1.82. The summed E-state index contributed by atoms with van der Waals surface area (Å²) < 4.78 is 6.95. The highest BCUT2D eigenvalue weighted by Gasteiger charge is 2.26. The fourth-order valence-electron chi connectivity index (χ4n) is 3.00. The lowest BCUT2D eigenvalue weighted by molar-refractivity contribution is -0.117. The van der Waals surface area contributed by atoms with Gasteiger partial charge in [-0.3, -0.25) is 19.2 Å². The summed E-state index contributed by atoms with van der Waals surface area (Å²) in [5.74, 6) is -1.56. The first kappa shape index (κ1) is 22.6. The molecular weight excluding hydrogens is 394 g/mol. The van der Waals surface area contributed by atoms with Gasteiger partial charge in [-0.05, 0) is 40.3 Å². The summed E-state index contributed by atoms with van der Waals surface area (Å²) in [4.78, 5) is 38.6. The number of anilines is 1. The Hall–Kier alpha value is -2.72. The first-order valence-electron chi connectivity index (χ1n) is 9.29. The molecule has 0 unspecified atom stereocenters. The van der Waals surface area contributed by atoms with Crippen LogP contribution in [0.15, 0.2) is 6.20 Å². The topological polar surface area (TPSA) is 120 Å². The highest BCUT2D eigenvalue weighted by atomic mass is 32.1. The molecule has 0 aliphatic heterocycles. The molecule has 2 heterocycles. The molecular formula is C19H27N5O4S. The Bertz CT molecular complexity index is 918. The number of carbonyl (C=O) groups excluding carboxylic acids is 3. The van der Waals surface area contributed by atoms with Crippen LogP contribution in [-0.2, 0) is 22.6 Å². The predicted molar refractivity (Wildman–Crippen MR) is 111 cm³/mol. The van der Waals surface area contributed by atoms with Crippen LogP contribution in [0.4, 0.5) is 5.00 Å². The van der Waals surface area contributed by atoms with Crippen molar-refractivity contribution in [3.63, 3.8) is 0 Å². The third kappa shape index (κ3) is 5.21. The van der Waals surface area contributed by atoms with Crippen LogP contribution < -0.4 is 11.1 Å². The SMILES string of the molecule is CCOC(=O)c1c(NC(=O)CN(C)Cc2cnn(CC)c2C)sc(C(N)=O)c1C. The van der Waals surface area contributed by atoms with E-state index in [9.17, 15) is 14.4 Å². The van der Waals surface area contributed by atoms with Crippen LogP contribution in [0.2, 0.25) is 0 Å². The number of hydrogen-bond acceptors (Lipinski definition) is 7. The molecule has 0 atom stereocenters. The van der Waals surface area contributed by atoms with Gasteiger partial charge in [-0.2, -0.15) is 5.10 Å². The summed E-state index contributed by atoms with van der Waals surface area (Å²) in [5, 5.41) is 7.30. The van der Waals surface area contributed by atoms with Crippen LogP contribution >= 0.6 is 11.3 Å². The van der Waals surface area contributed by atoms with Crippen LogP contribution in [-0.4, -0.2) is 52.7 Å². The fourth-order valence-corrected chi connectivity index (χ4v) is 4.07. The molecule has 0 saturated carbocycles. The molecule has 0 saturated heterocycles. The molecule has 0 aliphatic rings. The number of thiophene rings is 1. The lowest BCUT2D eigenvalue weighted by Gasteiger charge is -2.16. The largest absolute Gasteiger partial charge is 0.462 e. The average molecular weight is 422 g/mol. The molecule has 9 nitrogen and oxygen atoms in total. The molecule has 0 bridgehead atoms. The van der Waals surface area contributed by atoms with E-state index >= 15 is 0 Å². The number of hydrogen-bond donors (Lipinski definition) is 2. The van der Waals surface area contributed by atoms with E-state index in [1.165, 1.54) is 0 Å². The minimum atomic E-state index is -0.654. The van der Waals surface area contributed by atoms with Gasteiger partial charge in [-0.15, -0.1) is 11.3 Å². The third-order valence-electron chi connectivity index (χ3n) is 4.46. The monoisotopic (exact) mass is 421 g/mol. The van der Waals surface area contributed by atoms with Crippen LogP contribution in [0.3, 0.4) is 0 Å². The Labute approximate surface area is 173 Å². The summed E-state index contributed by atoms with van der Waals surface area (Å²) in [6.07, 6.45) is 1.80. The number of aryl methyl sites for hydroxylation is 1. The second-order valence-electron chi connectivity index (χ2n) is 6.64. The number of nitrogens with one attached hydrogen (secondary N) is 1. The highest BCUT2D eigenvalue weighted by molar-refractivity contribution is 7.18. The van der Waals surface area contributed by atoms with Gasteiger partial charge < -0.3 is 15.8 Å². The lowest BCUT2D eigenvalue weighted by atomic mass is 10.1. The summed E-state index contributed by atoms with van der Waals surface area (Å²) in [5.41, 5.74) is 8.06. The van der Waals surface area contributed by atoms with Gasteiger partial charge in [0.15, 0.2) is 0 Å². The maximum Gasteiger partial charge on any atom is 0.341 e. The maximum atomic E-state index is 12.5. The number of esters is 1. The molecule has 2 aromatic rings. The summed E-state index contributed by atoms with van der Waals surface area (Å²) in [6, 6.07) is 0. The van der Waals surface area contributed by atoms with Crippen molar-refractivity contribution in [3.8, 4) is 0 Å². The van der Waals surface area contributed by atoms with Crippen molar-refractivity contribution in [2.24, 2.45) is 5.73 Å². The van der Waals surface area contributed by atoms with Crippen LogP contribution in [0.25, 0.3) is 0 Å². The standard InChI is InChI=1S/C19H27N5O4S/c1-6-24-12(4)13(8-21-24)9-23(5)10-14(25)22-18-15(19(27)28-7-2)11(3)16(29-18)17(20)26/h8H,6-7,9-10H2,1-5H3,(H2,20,26)(H,22,25). The average Bonchev–Trinajstić information content (AvgIpc) is 3.15. The Morgan fingerprint density at radius 3 is 2.55 bits per heavy atom. The first-order chi connectivity index (χ1) is 13.7. The van der Waals surface area contributed by atoms with Gasteiger partial charge in [0.1, 0.15) is 5.00 Å². The van der Waals surface area contributed by atoms with Gasteiger partial charge >= 0.3 is 5.97 Å². The smallest absolute Gasteiger partial charge is 0.341 e. The van der Waals surface area contributed by atoms with Crippen molar-refractivity contribution in [1.82, 2.24) is 14.7 Å². The van der Waals surface area contributed by atoms with Crippen molar-refractivity contribution in [2.45, 2.75) is 40.8 Å².